The Morgan fingerprint density at radius 3 is 2.58 bits per heavy atom. The Bertz CT molecular complexity index is 1380. The van der Waals surface area contributed by atoms with E-state index in [1.54, 1.807) is 12.1 Å². The van der Waals surface area contributed by atoms with Gasteiger partial charge < -0.3 is 4.42 Å². The molecule has 0 radical (unpaired) electrons. The van der Waals surface area contributed by atoms with Crippen LogP contribution in [0.25, 0.3) is 22.2 Å². The average Bonchev–Trinajstić information content (AvgIpc) is 3.18. The Kier molecular flexibility index (Phi) is 5.94. The number of hydrogen-bond acceptors (Lipinski definition) is 4. The number of benzene rings is 2. The number of rotatable bonds is 3. The highest BCUT2D eigenvalue weighted by Crippen LogP contribution is 2.29. The molecule has 4 aromatic rings. The summed E-state index contributed by atoms with van der Waals surface area (Å²) in [4.78, 5) is 17.9. The summed E-state index contributed by atoms with van der Waals surface area (Å²) in [5.41, 5.74) is 0.855. The van der Waals surface area contributed by atoms with Gasteiger partial charge in [-0.15, -0.1) is 0 Å². The Labute approximate surface area is 201 Å². The minimum absolute atomic E-state index is 0.237. The second-order valence-corrected chi connectivity index (χ2v) is 10.2. The molecule has 0 aliphatic heterocycles. The topological polar surface area (TPSA) is 60.4 Å². The van der Waals surface area contributed by atoms with Gasteiger partial charge in [-0.2, -0.15) is 9.78 Å². The molecule has 2 heterocycles. The molecular weight excluding hydrogens is 546 g/mol. The maximum Gasteiger partial charge on any atom is 0.282 e. The van der Waals surface area contributed by atoms with E-state index in [-0.39, 0.29) is 11.0 Å². The minimum atomic E-state index is -0.389. The van der Waals surface area contributed by atoms with E-state index in [1.807, 2.05) is 57.2 Å². The van der Waals surface area contributed by atoms with Gasteiger partial charge in [0.1, 0.15) is 17.3 Å². The van der Waals surface area contributed by atoms with E-state index < -0.39 is 0 Å². The quantitative estimate of drug-likeness (QED) is 0.252. The first kappa shape index (κ1) is 22.0. The lowest BCUT2D eigenvalue weighted by molar-refractivity contribution is 0.505. The monoisotopic (exact) mass is 561 g/mol. The van der Waals surface area contributed by atoms with Crippen molar-refractivity contribution in [2.75, 3.05) is 0 Å². The van der Waals surface area contributed by atoms with Gasteiger partial charge in [-0.1, -0.05) is 54.4 Å². The molecule has 0 N–H and O–H groups in total. The fourth-order valence-corrected chi connectivity index (χ4v) is 3.87. The average molecular weight is 564 g/mol. The van der Waals surface area contributed by atoms with Gasteiger partial charge in [0.15, 0.2) is 0 Å². The molecule has 8 heteroatoms. The van der Waals surface area contributed by atoms with Crippen molar-refractivity contribution in [2.24, 2.45) is 5.10 Å². The van der Waals surface area contributed by atoms with Crippen molar-refractivity contribution in [1.29, 1.82) is 0 Å². The smallest absolute Gasteiger partial charge is 0.282 e. The maximum absolute atomic E-state index is 13.2. The van der Waals surface area contributed by atoms with Gasteiger partial charge in [0.25, 0.3) is 5.56 Å². The number of furan rings is 1. The van der Waals surface area contributed by atoms with Crippen LogP contribution in [0.15, 0.2) is 71.8 Å². The summed E-state index contributed by atoms with van der Waals surface area (Å²) in [5.74, 6) is 1.73. The summed E-state index contributed by atoms with van der Waals surface area (Å²) in [5, 5.41) is 5.52. The summed E-state index contributed by atoms with van der Waals surface area (Å²) in [7, 11) is 0. The lowest BCUT2D eigenvalue weighted by Crippen LogP contribution is -2.29. The predicted octanol–water partition coefficient (Wildman–Crippen LogP) is 7.01. The molecule has 0 unspecified atom stereocenters. The Hall–Kier alpha value is -2.22. The summed E-state index contributed by atoms with van der Waals surface area (Å²) >= 11 is 13.0. The summed E-state index contributed by atoms with van der Waals surface area (Å²) in [6.07, 6.45) is 1.52. The van der Waals surface area contributed by atoms with Crippen LogP contribution in [0.5, 0.6) is 0 Å². The highest BCUT2D eigenvalue weighted by molar-refractivity contribution is 9.10. The van der Waals surface area contributed by atoms with Gasteiger partial charge in [-0.3, -0.25) is 4.79 Å². The molecule has 158 valence electrons. The van der Waals surface area contributed by atoms with Crippen molar-refractivity contribution in [3.8, 4) is 11.3 Å². The number of nitrogens with zero attached hydrogens (tertiary/aromatic N) is 3. The van der Waals surface area contributed by atoms with Crippen molar-refractivity contribution < 1.29 is 4.42 Å². The van der Waals surface area contributed by atoms with Crippen LogP contribution in [0.1, 0.15) is 32.4 Å². The first-order chi connectivity index (χ1) is 14.6. The first-order valence-corrected chi connectivity index (χ1v) is 11.4. The maximum atomic E-state index is 13.2. The summed E-state index contributed by atoms with van der Waals surface area (Å²) in [6.45, 7) is 5.98. The minimum Gasteiger partial charge on any atom is -0.455 e. The third-order valence-electron chi connectivity index (χ3n) is 4.61. The van der Waals surface area contributed by atoms with Gasteiger partial charge in [0.05, 0.1) is 22.1 Å². The Morgan fingerprint density at radius 2 is 1.87 bits per heavy atom. The normalized spacial score (nSPS) is 12.2. The molecule has 2 aromatic carbocycles. The highest BCUT2D eigenvalue weighted by Gasteiger charge is 2.23. The van der Waals surface area contributed by atoms with Crippen LogP contribution >= 0.6 is 43.5 Å². The molecule has 0 saturated heterocycles. The van der Waals surface area contributed by atoms with Crippen molar-refractivity contribution in [2.45, 2.75) is 26.2 Å². The molecular formula is C23H18Br2ClN3O2. The van der Waals surface area contributed by atoms with Crippen LogP contribution in [0, 0.1) is 0 Å². The van der Waals surface area contributed by atoms with Crippen LogP contribution < -0.4 is 5.56 Å². The van der Waals surface area contributed by atoms with E-state index in [2.05, 4.69) is 37.0 Å². The third kappa shape index (κ3) is 4.54. The van der Waals surface area contributed by atoms with Gasteiger partial charge in [0, 0.05) is 19.9 Å². The molecule has 5 nitrogen and oxygen atoms in total. The number of halogens is 3. The van der Waals surface area contributed by atoms with Crippen molar-refractivity contribution >= 4 is 60.6 Å². The van der Waals surface area contributed by atoms with Crippen LogP contribution in [0.4, 0.5) is 0 Å². The fourth-order valence-electron chi connectivity index (χ4n) is 3.08. The predicted molar refractivity (Wildman–Crippen MR) is 132 cm³/mol. The molecule has 0 fully saturated rings. The molecule has 2 aromatic heterocycles. The molecule has 31 heavy (non-hydrogen) atoms. The Balaban J connectivity index is 1.77. The number of fused-ring (bicyclic) bond motifs is 1. The van der Waals surface area contributed by atoms with Crippen molar-refractivity contribution in [3.05, 3.63) is 84.4 Å². The summed E-state index contributed by atoms with van der Waals surface area (Å²) in [6, 6.07) is 14.7. The lowest BCUT2D eigenvalue weighted by atomic mass is 9.95. The summed E-state index contributed by atoms with van der Waals surface area (Å²) < 4.78 is 8.86. The molecule has 4 rings (SSSR count). The first-order valence-electron chi connectivity index (χ1n) is 9.46. The molecule has 0 aliphatic carbocycles. The Morgan fingerprint density at radius 1 is 1.10 bits per heavy atom. The molecule has 0 spiro atoms. The third-order valence-corrected chi connectivity index (χ3v) is 6.34. The van der Waals surface area contributed by atoms with Gasteiger partial charge in [0.2, 0.25) is 0 Å². The van der Waals surface area contributed by atoms with Crippen molar-refractivity contribution in [1.82, 2.24) is 9.66 Å². The van der Waals surface area contributed by atoms with Crippen molar-refractivity contribution in [3.63, 3.8) is 0 Å². The van der Waals surface area contributed by atoms with Crippen LogP contribution in [0.2, 0.25) is 5.02 Å². The molecule has 0 amide bonds. The lowest BCUT2D eigenvalue weighted by Gasteiger charge is -2.20. The number of aromatic nitrogens is 2. The van der Waals surface area contributed by atoms with E-state index >= 15 is 0 Å². The van der Waals surface area contributed by atoms with Crippen LogP contribution in [-0.4, -0.2) is 15.9 Å². The van der Waals surface area contributed by atoms with Crippen LogP contribution in [0.3, 0.4) is 0 Å². The zero-order chi connectivity index (χ0) is 22.3. The fraction of sp³-hybridized carbons (Fsp3) is 0.174. The standard InChI is InChI=1S/C23H18Br2ClN3O2/c1-23(2,3)22-28-19-8-5-14(24)11-16(19)21(30)29(22)27-12-15-6-9-20(31-15)13-4-7-17(25)18(26)10-13/h4-12H,1-3H3. The van der Waals surface area contributed by atoms with Gasteiger partial charge in [-0.05, 0) is 58.4 Å². The molecule has 0 saturated carbocycles. The van der Waals surface area contributed by atoms with E-state index in [0.29, 0.717) is 33.3 Å². The zero-order valence-electron chi connectivity index (χ0n) is 17.0. The zero-order valence-corrected chi connectivity index (χ0v) is 20.9. The van der Waals surface area contributed by atoms with E-state index in [0.717, 1.165) is 14.5 Å². The van der Waals surface area contributed by atoms with Gasteiger partial charge in [-0.25, -0.2) is 4.98 Å². The molecule has 0 bridgehead atoms. The molecule has 0 atom stereocenters. The second-order valence-electron chi connectivity index (χ2n) is 8.04. The number of hydrogen-bond donors (Lipinski definition) is 0. The van der Waals surface area contributed by atoms with E-state index in [1.165, 1.54) is 10.9 Å². The SMILES string of the molecule is CC(C)(C)c1nc2ccc(Br)cc2c(=O)n1N=Cc1ccc(-c2ccc(Br)c(Cl)c2)o1. The molecule has 0 aliphatic rings. The largest absolute Gasteiger partial charge is 0.455 e. The second kappa shape index (κ2) is 8.37. The van der Waals surface area contributed by atoms with Gasteiger partial charge >= 0.3 is 0 Å². The van der Waals surface area contributed by atoms with E-state index in [9.17, 15) is 4.79 Å². The van der Waals surface area contributed by atoms with E-state index in [4.69, 9.17) is 21.0 Å². The van der Waals surface area contributed by atoms with Crippen LogP contribution in [-0.2, 0) is 5.41 Å². The highest BCUT2D eigenvalue weighted by atomic mass is 79.9.